The Labute approximate surface area is 139 Å². The average Bonchev–Trinajstić information content (AvgIpc) is 2.88. The van der Waals surface area contributed by atoms with Gasteiger partial charge in [-0.25, -0.2) is 4.99 Å². The number of carbonyl (C=O) groups is 1. The summed E-state index contributed by atoms with van der Waals surface area (Å²) in [5.74, 6) is -0.106. The molecule has 0 aromatic heterocycles. The van der Waals surface area contributed by atoms with Crippen LogP contribution in [-0.4, -0.2) is 11.1 Å². The fraction of sp³-hybridized carbons (Fsp3) is 0.0526. The lowest BCUT2D eigenvalue weighted by Crippen LogP contribution is -2.19. The Kier molecular flexibility index (Phi) is 4.74. The van der Waals surface area contributed by atoms with Gasteiger partial charge in [-0.15, -0.1) is 0 Å². The number of carbonyl (C=O) groups excluding carboxylic acids is 1. The Hall–Kier alpha value is -2.59. The van der Waals surface area contributed by atoms with Crippen LogP contribution in [0.4, 0.5) is 5.69 Å². The van der Waals surface area contributed by atoms with Crippen molar-refractivity contribution in [3.05, 3.63) is 82.8 Å². The van der Waals surface area contributed by atoms with Crippen molar-refractivity contribution in [1.82, 2.24) is 5.32 Å². The summed E-state index contributed by atoms with van der Waals surface area (Å²) in [5, 5.41) is 3.41. The van der Waals surface area contributed by atoms with Gasteiger partial charge in [-0.2, -0.15) is 0 Å². The highest BCUT2D eigenvalue weighted by Gasteiger charge is 2.23. The number of nitrogens with zero attached hydrogens (tertiary/aromatic N) is 1. The minimum absolute atomic E-state index is 0.106. The van der Waals surface area contributed by atoms with Crippen molar-refractivity contribution in [2.75, 3.05) is 0 Å². The number of hydrogen-bond acceptors (Lipinski definition) is 3. The Morgan fingerprint density at radius 2 is 1.70 bits per heavy atom. The molecule has 0 bridgehead atoms. The molecule has 1 fully saturated rings. The second kappa shape index (κ2) is 7.11. The fourth-order valence-corrected chi connectivity index (χ4v) is 3.05. The van der Waals surface area contributed by atoms with Gasteiger partial charge in [0.1, 0.15) is 0 Å². The van der Waals surface area contributed by atoms with Gasteiger partial charge in [0.15, 0.2) is 5.17 Å². The van der Waals surface area contributed by atoms with Crippen LogP contribution in [0.3, 0.4) is 0 Å². The SMILES string of the molecule is CC(/C=C1\SC(=Nc2ccccc2)NC1=O)=C\c1ccccc1. The molecule has 2 aromatic rings. The highest BCUT2D eigenvalue weighted by Crippen LogP contribution is 2.27. The zero-order chi connectivity index (χ0) is 16.1. The average molecular weight is 320 g/mol. The van der Waals surface area contributed by atoms with Gasteiger partial charge < -0.3 is 5.32 Å². The Morgan fingerprint density at radius 1 is 1.04 bits per heavy atom. The van der Waals surface area contributed by atoms with E-state index in [0.29, 0.717) is 10.1 Å². The number of nitrogens with one attached hydrogen (secondary N) is 1. The summed E-state index contributed by atoms with van der Waals surface area (Å²) in [6.07, 6.45) is 3.94. The van der Waals surface area contributed by atoms with Gasteiger partial charge in [0.2, 0.25) is 0 Å². The molecule has 2 aromatic carbocycles. The molecule has 1 N–H and O–H groups in total. The van der Waals surface area contributed by atoms with E-state index in [2.05, 4.69) is 10.3 Å². The van der Waals surface area contributed by atoms with Gasteiger partial charge in [-0.3, -0.25) is 4.79 Å². The molecule has 1 aliphatic rings. The summed E-state index contributed by atoms with van der Waals surface area (Å²) in [6, 6.07) is 19.6. The van der Waals surface area contributed by atoms with Gasteiger partial charge >= 0.3 is 0 Å². The molecular formula is C19H16N2OS. The molecule has 3 rings (SSSR count). The first-order chi connectivity index (χ1) is 11.2. The van der Waals surface area contributed by atoms with E-state index in [4.69, 9.17) is 0 Å². The van der Waals surface area contributed by atoms with E-state index in [1.807, 2.05) is 79.7 Å². The molecule has 1 aliphatic heterocycles. The lowest BCUT2D eigenvalue weighted by Gasteiger charge is -1.96. The maximum absolute atomic E-state index is 12.1. The van der Waals surface area contributed by atoms with Crippen molar-refractivity contribution in [3.63, 3.8) is 0 Å². The van der Waals surface area contributed by atoms with Crippen LogP contribution in [0.25, 0.3) is 6.08 Å². The van der Waals surface area contributed by atoms with Crippen LogP contribution in [0.1, 0.15) is 12.5 Å². The van der Waals surface area contributed by atoms with Crippen LogP contribution in [0.2, 0.25) is 0 Å². The summed E-state index contributed by atoms with van der Waals surface area (Å²) in [5.41, 5.74) is 2.96. The normalized spacial score (nSPS) is 18.5. The van der Waals surface area contributed by atoms with Gasteiger partial charge in [0.25, 0.3) is 5.91 Å². The number of allylic oxidation sites excluding steroid dienone is 2. The van der Waals surface area contributed by atoms with Crippen molar-refractivity contribution in [2.24, 2.45) is 4.99 Å². The van der Waals surface area contributed by atoms with Crippen LogP contribution in [0, 0.1) is 0 Å². The molecule has 0 radical (unpaired) electrons. The van der Waals surface area contributed by atoms with Crippen molar-refractivity contribution in [2.45, 2.75) is 6.92 Å². The molecular weight excluding hydrogens is 304 g/mol. The molecule has 0 aliphatic carbocycles. The zero-order valence-corrected chi connectivity index (χ0v) is 13.5. The number of aliphatic imine (C=N–C) groups is 1. The number of para-hydroxylation sites is 1. The lowest BCUT2D eigenvalue weighted by molar-refractivity contribution is -0.115. The molecule has 1 heterocycles. The molecule has 3 nitrogen and oxygen atoms in total. The third-order valence-electron chi connectivity index (χ3n) is 3.19. The molecule has 1 amide bonds. The van der Waals surface area contributed by atoms with Crippen LogP contribution in [0.5, 0.6) is 0 Å². The molecule has 0 saturated carbocycles. The van der Waals surface area contributed by atoms with Crippen molar-refractivity contribution < 1.29 is 4.79 Å². The smallest absolute Gasteiger partial charge is 0.264 e. The first-order valence-corrected chi connectivity index (χ1v) is 8.10. The molecule has 23 heavy (non-hydrogen) atoms. The molecule has 114 valence electrons. The number of hydrogen-bond donors (Lipinski definition) is 1. The van der Waals surface area contributed by atoms with Crippen molar-refractivity contribution >= 4 is 34.6 Å². The number of rotatable bonds is 3. The second-order valence-corrected chi connectivity index (χ2v) is 6.15. The number of amidine groups is 1. The Morgan fingerprint density at radius 3 is 2.39 bits per heavy atom. The van der Waals surface area contributed by atoms with E-state index in [-0.39, 0.29) is 5.91 Å². The third-order valence-corrected chi connectivity index (χ3v) is 4.10. The second-order valence-electron chi connectivity index (χ2n) is 5.12. The fourth-order valence-electron chi connectivity index (χ4n) is 2.16. The van der Waals surface area contributed by atoms with E-state index in [1.165, 1.54) is 11.8 Å². The van der Waals surface area contributed by atoms with Gasteiger partial charge in [0.05, 0.1) is 10.6 Å². The first kappa shape index (κ1) is 15.3. The molecule has 0 unspecified atom stereocenters. The molecule has 0 spiro atoms. The minimum Gasteiger partial charge on any atom is -0.300 e. The number of thioether (sulfide) groups is 1. The highest BCUT2D eigenvalue weighted by molar-refractivity contribution is 8.18. The van der Waals surface area contributed by atoms with Crippen LogP contribution < -0.4 is 5.32 Å². The maximum Gasteiger partial charge on any atom is 0.264 e. The number of benzene rings is 2. The van der Waals surface area contributed by atoms with Gasteiger partial charge in [-0.1, -0.05) is 54.6 Å². The van der Waals surface area contributed by atoms with E-state index in [9.17, 15) is 4.79 Å². The van der Waals surface area contributed by atoms with E-state index in [1.54, 1.807) is 0 Å². The minimum atomic E-state index is -0.106. The van der Waals surface area contributed by atoms with E-state index in [0.717, 1.165) is 16.8 Å². The van der Waals surface area contributed by atoms with Crippen LogP contribution >= 0.6 is 11.8 Å². The zero-order valence-electron chi connectivity index (χ0n) is 12.7. The number of amides is 1. The Bertz CT molecular complexity index is 793. The molecule has 0 atom stereocenters. The summed E-state index contributed by atoms with van der Waals surface area (Å²) in [6.45, 7) is 1.99. The standard InChI is InChI=1S/C19H16N2OS/c1-14(12-15-8-4-2-5-9-15)13-17-18(22)21-19(23-17)20-16-10-6-3-7-11-16/h2-13H,1H3,(H,20,21,22)/b14-12+,17-13-. The predicted octanol–water partition coefficient (Wildman–Crippen LogP) is 4.52. The van der Waals surface area contributed by atoms with Gasteiger partial charge in [-0.05, 0) is 48.0 Å². The summed E-state index contributed by atoms with van der Waals surface area (Å²) in [4.78, 5) is 17.1. The predicted molar refractivity (Wildman–Crippen MR) is 97.4 cm³/mol. The third kappa shape index (κ3) is 4.20. The summed E-state index contributed by atoms with van der Waals surface area (Å²) in [7, 11) is 0. The van der Waals surface area contributed by atoms with Gasteiger partial charge in [0, 0.05) is 0 Å². The molecule has 4 heteroatoms. The lowest BCUT2D eigenvalue weighted by atomic mass is 10.1. The summed E-state index contributed by atoms with van der Waals surface area (Å²) >= 11 is 1.36. The summed E-state index contributed by atoms with van der Waals surface area (Å²) < 4.78 is 0. The quantitative estimate of drug-likeness (QED) is 0.845. The monoisotopic (exact) mass is 320 g/mol. The van der Waals surface area contributed by atoms with Crippen LogP contribution in [0.15, 0.2) is 82.2 Å². The largest absolute Gasteiger partial charge is 0.300 e. The van der Waals surface area contributed by atoms with E-state index >= 15 is 0 Å². The van der Waals surface area contributed by atoms with E-state index < -0.39 is 0 Å². The highest BCUT2D eigenvalue weighted by atomic mass is 32.2. The maximum atomic E-state index is 12.1. The molecule has 1 saturated heterocycles. The first-order valence-electron chi connectivity index (χ1n) is 7.29. The van der Waals surface area contributed by atoms with Crippen LogP contribution in [-0.2, 0) is 4.79 Å². The Balaban J connectivity index is 1.77. The topological polar surface area (TPSA) is 41.5 Å². The van der Waals surface area contributed by atoms with Crippen molar-refractivity contribution in [3.8, 4) is 0 Å². The van der Waals surface area contributed by atoms with Crippen molar-refractivity contribution in [1.29, 1.82) is 0 Å².